The first kappa shape index (κ1) is 47.0. The quantitative estimate of drug-likeness (QED) is 0.154. The molecule has 4 nitrogen and oxygen atoms in total. The summed E-state index contributed by atoms with van der Waals surface area (Å²) in [5.74, 6) is 0.873. The van der Waals surface area contributed by atoms with Crippen LogP contribution in [0.2, 0.25) is 0 Å². The Morgan fingerprint density at radius 2 is 1.13 bits per heavy atom. The van der Waals surface area contributed by atoms with Gasteiger partial charge in [0.05, 0.1) is 22.3 Å². The van der Waals surface area contributed by atoms with Gasteiger partial charge in [-0.15, -0.1) is 29.3 Å². The molecule has 2 aromatic heterocycles. The summed E-state index contributed by atoms with van der Waals surface area (Å²) in [6.07, 6.45) is 1.89. The molecule has 0 saturated carbocycles. The number of para-hydroxylation sites is 1. The Bertz CT molecular complexity index is 3490. The van der Waals surface area contributed by atoms with E-state index in [4.69, 9.17) is 9.97 Å². The van der Waals surface area contributed by atoms with Crippen LogP contribution < -0.4 is 0 Å². The van der Waals surface area contributed by atoms with Crippen LogP contribution in [0.1, 0.15) is 63.8 Å². The molecule has 2 heterocycles. The van der Waals surface area contributed by atoms with Crippen molar-refractivity contribution in [1.82, 2.24) is 14.5 Å². The number of hydrogen-bond donors (Lipinski definition) is 1. The average molecular weight is 1080 g/mol. The van der Waals surface area contributed by atoms with Crippen molar-refractivity contribution in [3.63, 3.8) is 0 Å². The van der Waals surface area contributed by atoms with E-state index in [9.17, 15) is 5.11 Å². The van der Waals surface area contributed by atoms with Crippen LogP contribution in [0.15, 0.2) is 188 Å². The Morgan fingerprint density at radius 1 is 0.507 bits per heavy atom. The van der Waals surface area contributed by atoms with E-state index in [1.165, 1.54) is 27.8 Å². The van der Waals surface area contributed by atoms with Crippen molar-refractivity contribution in [3.8, 4) is 89.7 Å². The summed E-state index contributed by atoms with van der Waals surface area (Å²) in [7, 11) is 0. The molecule has 10 aromatic rings. The number of imidazole rings is 1. The van der Waals surface area contributed by atoms with Crippen molar-refractivity contribution in [2.24, 2.45) is 0 Å². The molecule has 0 spiro atoms. The average Bonchev–Trinajstić information content (AvgIpc) is 3.74. The second-order valence-corrected chi connectivity index (χ2v) is 20.1. The van der Waals surface area contributed by atoms with E-state index >= 15 is 0 Å². The Morgan fingerprint density at radius 3 is 1.80 bits per heavy atom. The number of aromatic hydroxyl groups is 1. The van der Waals surface area contributed by atoms with Crippen molar-refractivity contribution < 1.29 is 26.2 Å². The molecule has 10 rings (SSSR count). The maximum atomic E-state index is 12.0. The van der Waals surface area contributed by atoms with Gasteiger partial charge in [0.1, 0.15) is 11.6 Å². The summed E-state index contributed by atoms with van der Waals surface area (Å²) in [6, 6.07) is 68.4. The summed E-state index contributed by atoms with van der Waals surface area (Å²) in [6.45, 7) is 17.7. The van der Waals surface area contributed by atoms with Crippen molar-refractivity contribution in [1.29, 1.82) is 0 Å². The van der Waals surface area contributed by atoms with Gasteiger partial charge >= 0.3 is 0 Å². The van der Waals surface area contributed by atoms with Gasteiger partial charge in [0.25, 0.3) is 0 Å². The van der Waals surface area contributed by atoms with Crippen LogP contribution in [0.4, 0.5) is 0 Å². The fourth-order valence-corrected chi connectivity index (χ4v) is 9.63. The number of aromatic nitrogens is 3. The largest absolute Gasteiger partial charge is 0.507 e. The third-order valence-electron chi connectivity index (χ3n) is 13.1. The normalized spacial score (nSPS) is 11.7. The molecular formula is C64H56N3OPt-. The SMILES string of the molecule is Cc1cc(C)c(O)c(-c2nc3c(-c4[c-]c(-c5cc(-c6ccccc6)ccn5)cc(C(C)(C)C)c4)cccc3n2-c2ccc(-c3c(-c4ccccc4)cccc3C(C)(C)C)cc2-c2ccccc2)c1.[Pt]. The molecule has 344 valence electrons. The van der Waals surface area contributed by atoms with Gasteiger partial charge in [0.15, 0.2) is 0 Å². The monoisotopic (exact) mass is 1080 g/mol. The van der Waals surface area contributed by atoms with Crippen molar-refractivity contribution in [2.45, 2.75) is 66.2 Å². The van der Waals surface area contributed by atoms with Gasteiger partial charge in [-0.1, -0.05) is 192 Å². The Labute approximate surface area is 421 Å². The van der Waals surface area contributed by atoms with E-state index in [2.05, 4.69) is 229 Å². The summed E-state index contributed by atoms with van der Waals surface area (Å²) in [4.78, 5) is 10.5. The van der Waals surface area contributed by atoms with Gasteiger partial charge in [-0.25, -0.2) is 4.98 Å². The molecule has 0 radical (unpaired) electrons. The molecule has 0 unspecified atom stereocenters. The van der Waals surface area contributed by atoms with E-state index in [1.807, 2.05) is 25.3 Å². The number of rotatable bonds is 8. The minimum Gasteiger partial charge on any atom is -0.507 e. The Balaban J connectivity index is 0.00000593. The van der Waals surface area contributed by atoms with E-state index < -0.39 is 0 Å². The van der Waals surface area contributed by atoms with Gasteiger partial charge < -0.3 is 5.11 Å². The van der Waals surface area contributed by atoms with Crippen molar-refractivity contribution in [2.75, 3.05) is 0 Å². The van der Waals surface area contributed by atoms with Crippen molar-refractivity contribution in [3.05, 3.63) is 217 Å². The zero-order chi connectivity index (χ0) is 47.3. The molecule has 0 saturated heterocycles. The topological polar surface area (TPSA) is 50.9 Å². The molecule has 0 aliphatic rings. The molecule has 5 heteroatoms. The van der Waals surface area contributed by atoms with Crippen LogP contribution >= 0.6 is 0 Å². The minimum absolute atomic E-state index is 0. The summed E-state index contributed by atoms with van der Waals surface area (Å²) in [5.41, 5.74) is 20.1. The van der Waals surface area contributed by atoms with Gasteiger partial charge in [-0.3, -0.25) is 9.55 Å². The number of pyridine rings is 1. The fraction of sp³-hybridized carbons (Fsp3) is 0.156. The van der Waals surface area contributed by atoms with Gasteiger partial charge in [0, 0.05) is 38.5 Å². The third kappa shape index (κ3) is 9.15. The predicted molar refractivity (Wildman–Crippen MR) is 284 cm³/mol. The predicted octanol–water partition coefficient (Wildman–Crippen LogP) is 16.8. The number of fused-ring (bicyclic) bond motifs is 1. The first-order chi connectivity index (χ1) is 32.7. The third-order valence-corrected chi connectivity index (χ3v) is 13.1. The molecule has 0 aliphatic heterocycles. The molecule has 0 amide bonds. The van der Waals surface area contributed by atoms with E-state index in [1.54, 1.807) is 0 Å². The number of phenolic OH excluding ortho intramolecular Hbond substituents is 1. The van der Waals surface area contributed by atoms with Crippen LogP contribution in [0.3, 0.4) is 0 Å². The number of nitrogens with zero attached hydrogens (tertiary/aromatic N) is 3. The molecule has 1 N–H and O–H groups in total. The van der Waals surface area contributed by atoms with Gasteiger partial charge in [-0.05, 0) is 111 Å². The Kier molecular flexibility index (Phi) is 12.8. The maximum absolute atomic E-state index is 12.0. The van der Waals surface area contributed by atoms with E-state index in [-0.39, 0.29) is 37.6 Å². The van der Waals surface area contributed by atoms with Gasteiger partial charge in [-0.2, -0.15) is 0 Å². The molecule has 69 heavy (non-hydrogen) atoms. The molecular weight excluding hydrogens is 1020 g/mol. The first-order valence-corrected chi connectivity index (χ1v) is 23.5. The number of hydrogen-bond acceptors (Lipinski definition) is 3. The molecule has 8 aromatic carbocycles. The van der Waals surface area contributed by atoms with E-state index in [0.717, 1.165) is 78.0 Å². The van der Waals surface area contributed by atoms with Crippen LogP contribution in [-0.4, -0.2) is 19.6 Å². The minimum atomic E-state index is -0.169. The maximum Gasteiger partial charge on any atom is 0.148 e. The molecule has 0 fully saturated rings. The standard InChI is InChI=1S/C64H56N3O.Pt/c1-41-34-42(2)61(68)54(35-41)62-66-60-52(48-36-49(38-50(37-48)63(3,4)5)56-40-46(32-33-65-56)43-20-12-9-13-21-43)27-19-29-58(60)67(62)57-31-30-47(39-53(57)45-24-16-11-17-25-45)59-51(44-22-14-10-15-23-44)26-18-28-55(59)64(6,7)8;/h9-35,37-40,68H,1-8H3;/q-1;. The van der Waals surface area contributed by atoms with E-state index in [0.29, 0.717) is 11.4 Å². The summed E-state index contributed by atoms with van der Waals surface area (Å²) >= 11 is 0. The summed E-state index contributed by atoms with van der Waals surface area (Å²) in [5, 5.41) is 12.0. The van der Waals surface area contributed by atoms with Gasteiger partial charge in [0.2, 0.25) is 0 Å². The van der Waals surface area contributed by atoms with Crippen LogP contribution in [-0.2, 0) is 31.9 Å². The zero-order valence-electron chi connectivity index (χ0n) is 40.5. The first-order valence-electron chi connectivity index (χ1n) is 23.5. The molecule has 0 bridgehead atoms. The summed E-state index contributed by atoms with van der Waals surface area (Å²) < 4.78 is 2.26. The molecule has 0 aliphatic carbocycles. The zero-order valence-corrected chi connectivity index (χ0v) is 42.8. The smallest absolute Gasteiger partial charge is 0.148 e. The second kappa shape index (κ2) is 18.7. The van der Waals surface area contributed by atoms with Crippen molar-refractivity contribution >= 4 is 11.0 Å². The Hall–Kier alpha value is -7.13. The number of phenols is 1. The number of aryl methyl sites for hydroxylation is 2. The molecule has 0 atom stereocenters. The number of benzene rings is 8. The van der Waals surface area contributed by atoms with Crippen LogP contribution in [0, 0.1) is 19.9 Å². The fourth-order valence-electron chi connectivity index (χ4n) is 9.63. The van der Waals surface area contributed by atoms with Crippen LogP contribution in [0.25, 0.3) is 95.0 Å². The second-order valence-electron chi connectivity index (χ2n) is 20.1. The van der Waals surface area contributed by atoms with Crippen LogP contribution in [0.5, 0.6) is 5.75 Å².